The van der Waals surface area contributed by atoms with E-state index in [0.717, 1.165) is 0 Å². The standard InChI is InChI=1S/C7H14O4/c1-4-3-5(10-2)6(8)7(9)11-4/h4-9H,3H2,1-2H3/t4-,5+,6+,7-/m0/s1. The zero-order valence-corrected chi connectivity index (χ0v) is 6.73. The molecule has 1 fully saturated rings. The molecule has 1 aliphatic heterocycles. The fraction of sp³-hybridized carbons (Fsp3) is 1.00. The Balaban J connectivity index is 2.51. The molecular weight excluding hydrogens is 148 g/mol. The van der Waals surface area contributed by atoms with Crippen LogP contribution in [0.25, 0.3) is 0 Å². The Labute approximate surface area is 65.7 Å². The van der Waals surface area contributed by atoms with E-state index in [0.29, 0.717) is 6.42 Å². The smallest absolute Gasteiger partial charge is 0.183 e. The van der Waals surface area contributed by atoms with Crippen LogP contribution in [0.5, 0.6) is 0 Å². The van der Waals surface area contributed by atoms with Gasteiger partial charge in [-0.3, -0.25) is 0 Å². The van der Waals surface area contributed by atoms with E-state index >= 15 is 0 Å². The van der Waals surface area contributed by atoms with Gasteiger partial charge in [0.25, 0.3) is 0 Å². The van der Waals surface area contributed by atoms with Crippen molar-refractivity contribution in [3.8, 4) is 0 Å². The van der Waals surface area contributed by atoms with E-state index in [9.17, 15) is 5.11 Å². The molecule has 0 spiro atoms. The van der Waals surface area contributed by atoms with Gasteiger partial charge in [-0.25, -0.2) is 0 Å². The summed E-state index contributed by atoms with van der Waals surface area (Å²) in [5.74, 6) is 0. The minimum atomic E-state index is -1.11. The summed E-state index contributed by atoms with van der Waals surface area (Å²) < 4.78 is 9.91. The van der Waals surface area contributed by atoms with Crippen LogP contribution in [0.2, 0.25) is 0 Å². The minimum absolute atomic E-state index is 0.0571. The van der Waals surface area contributed by atoms with Gasteiger partial charge in [0.2, 0.25) is 0 Å². The lowest BCUT2D eigenvalue weighted by molar-refractivity contribution is -0.247. The molecule has 0 aromatic heterocycles. The summed E-state index contributed by atoms with van der Waals surface area (Å²) in [6, 6.07) is 0. The second-order valence-corrected chi connectivity index (χ2v) is 2.84. The number of hydrogen-bond donors (Lipinski definition) is 2. The largest absolute Gasteiger partial charge is 0.385 e. The Morgan fingerprint density at radius 1 is 1.45 bits per heavy atom. The molecule has 4 nitrogen and oxygen atoms in total. The SMILES string of the molecule is CO[C@@H]1C[C@H](C)O[C@H](O)[C@@H]1O. The first-order valence-corrected chi connectivity index (χ1v) is 3.69. The van der Waals surface area contributed by atoms with E-state index in [4.69, 9.17) is 14.6 Å². The third-order valence-corrected chi connectivity index (χ3v) is 1.91. The van der Waals surface area contributed by atoms with Crippen LogP contribution in [-0.2, 0) is 9.47 Å². The molecule has 0 saturated carbocycles. The summed E-state index contributed by atoms with van der Waals surface area (Å²) in [6.07, 6.45) is -1.78. The average Bonchev–Trinajstić information content (AvgIpc) is 1.96. The van der Waals surface area contributed by atoms with Gasteiger partial charge in [-0.05, 0) is 6.92 Å². The van der Waals surface area contributed by atoms with Gasteiger partial charge >= 0.3 is 0 Å². The normalized spacial score (nSPS) is 45.8. The predicted molar refractivity (Wildman–Crippen MR) is 38.0 cm³/mol. The number of aliphatic hydroxyl groups excluding tert-OH is 2. The first-order chi connectivity index (χ1) is 5.15. The van der Waals surface area contributed by atoms with Crippen LogP contribution in [0.15, 0.2) is 0 Å². The Bertz CT molecular complexity index is 128. The van der Waals surface area contributed by atoms with E-state index in [2.05, 4.69) is 0 Å². The summed E-state index contributed by atoms with van der Waals surface area (Å²) >= 11 is 0. The Hall–Kier alpha value is -0.160. The fourth-order valence-corrected chi connectivity index (χ4v) is 1.26. The van der Waals surface area contributed by atoms with E-state index in [1.54, 1.807) is 0 Å². The van der Waals surface area contributed by atoms with Gasteiger partial charge < -0.3 is 19.7 Å². The highest BCUT2D eigenvalue weighted by molar-refractivity contribution is 4.79. The third kappa shape index (κ3) is 1.90. The second kappa shape index (κ2) is 3.49. The van der Waals surface area contributed by atoms with Crippen LogP contribution in [0.1, 0.15) is 13.3 Å². The zero-order chi connectivity index (χ0) is 8.43. The van der Waals surface area contributed by atoms with Gasteiger partial charge in [-0.15, -0.1) is 0 Å². The summed E-state index contributed by atoms with van der Waals surface area (Å²) in [4.78, 5) is 0. The molecular formula is C7H14O4. The highest BCUT2D eigenvalue weighted by atomic mass is 16.6. The third-order valence-electron chi connectivity index (χ3n) is 1.91. The van der Waals surface area contributed by atoms with Gasteiger partial charge in [0.1, 0.15) is 6.10 Å². The Kier molecular flexibility index (Phi) is 2.84. The lowest BCUT2D eigenvalue weighted by Gasteiger charge is -2.34. The van der Waals surface area contributed by atoms with Crippen molar-refractivity contribution < 1.29 is 19.7 Å². The van der Waals surface area contributed by atoms with E-state index < -0.39 is 12.4 Å². The van der Waals surface area contributed by atoms with Gasteiger partial charge in [-0.2, -0.15) is 0 Å². The molecule has 4 heteroatoms. The Morgan fingerprint density at radius 2 is 2.09 bits per heavy atom. The van der Waals surface area contributed by atoms with Crippen LogP contribution in [0.3, 0.4) is 0 Å². The molecule has 0 aromatic carbocycles. The highest BCUT2D eigenvalue weighted by Gasteiger charge is 2.34. The molecule has 1 saturated heterocycles. The summed E-state index contributed by atoms with van der Waals surface area (Å²) in [6.45, 7) is 1.83. The molecule has 0 aliphatic carbocycles. The molecule has 11 heavy (non-hydrogen) atoms. The predicted octanol–water partition coefficient (Wildman–Crippen LogP) is -0.510. The number of methoxy groups -OCH3 is 1. The number of hydrogen-bond acceptors (Lipinski definition) is 4. The van der Waals surface area contributed by atoms with E-state index in [-0.39, 0.29) is 12.2 Å². The van der Waals surface area contributed by atoms with Crippen molar-refractivity contribution in [1.29, 1.82) is 0 Å². The molecule has 1 aliphatic rings. The minimum Gasteiger partial charge on any atom is -0.385 e. The van der Waals surface area contributed by atoms with Crippen molar-refractivity contribution in [2.45, 2.75) is 37.9 Å². The molecule has 66 valence electrons. The maximum absolute atomic E-state index is 9.26. The van der Waals surface area contributed by atoms with Crippen molar-refractivity contribution in [2.75, 3.05) is 7.11 Å². The van der Waals surface area contributed by atoms with E-state index in [1.165, 1.54) is 7.11 Å². The van der Waals surface area contributed by atoms with Crippen LogP contribution >= 0.6 is 0 Å². The van der Waals surface area contributed by atoms with Gasteiger partial charge in [0.05, 0.1) is 12.2 Å². The maximum Gasteiger partial charge on any atom is 0.183 e. The van der Waals surface area contributed by atoms with Crippen molar-refractivity contribution in [3.63, 3.8) is 0 Å². The number of ether oxygens (including phenoxy) is 2. The van der Waals surface area contributed by atoms with Gasteiger partial charge in [-0.1, -0.05) is 0 Å². The molecule has 0 bridgehead atoms. The van der Waals surface area contributed by atoms with Gasteiger partial charge in [0.15, 0.2) is 6.29 Å². The molecule has 0 unspecified atom stereocenters. The number of aliphatic hydroxyl groups is 2. The lowest BCUT2D eigenvalue weighted by Crippen LogP contribution is -2.48. The van der Waals surface area contributed by atoms with Crippen LogP contribution in [-0.4, -0.2) is 41.9 Å². The highest BCUT2D eigenvalue weighted by Crippen LogP contribution is 2.20. The summed E-state index contributed by atoms with van der Waals surface area (Å²) in [5, 5.41) is 18.4. The average molecular weight is 162 g/mol. The first-order valence-electron chi connectivity index (χ1n) is 3.69. The summed E-state index contributed by atoms with van der Waals surface area (Å²) in [5.41, 5.74) is 0. The second-order valence-electron chi connectivity index (χ2n) is 2.84. The van der Waals surface area contributed by atoms with Crippen molar-refractivity contribution in [3.05, 3.63) is 0 Å². The fourth-order valence-electron chi connectivity index (χ4n) is 1.26. The van der Waals surface area contributed by atoms with E-state index in [1.807, 2.05) is 6.92 Å². The molecule has 4 atom stereocenters. The number of rotatable bonds is 1. The molecule has 0 amide bonds. The molecule has 0 radical (unpaired) electrons. The van der Waals surface area contributed by atoms with Crippen molar-refractivity contribution in [2.24, 2.45) is 0 Å². The van der Waals surface area contributed by atoms with Crippen LogP contribution in [0, 0.1) is 0 Å². The quantitative estimate of drug-likeness (QED) is 0.545. The molecule has 1 heterocycles. The van der Waals surface area contributed by atoms with Crippen molar-refractivity contribution >= 4 is 0 Å². The molecule has 1 rings (SSSR count). The lowest BCUT2D eigenvalue weighted by atomic mass is 10.0. The van der Waals surface area contributed by atoms with Crippen molar-refractivity contribution in [1.82, 2.24) is 0 Å². The van der Waals surface area contributed by atoms with Gasteiger partial charge in [0, 0.05) is 13.5 Å². The Morgan fingerprint density at radius 3 is 2.64 bits per heavy atom. The topological polar surface area (TPSA) is 58.9 Å². The molecule has 2 N–H and O–H groups in total. The van der Waals surface area contributed by atoms with Crippen LogP contribution < -0.4 is 0 Å². The first kappa shape index (κ1) is 8.93. The maximum atomic E-state index is 9.26. The summed E-state index contributed by atoms with van der Waals surface area (Å²) in [7, 11) is 1.51. The zero-order valence-electron chi connectivity index (χ0n) is 6.73. The monoisotopic (exact) mass is 162 g/mol. The molecule has 0 aromatic rings. The van der Waals surface area contributed by atoms with Crippen LogP contribution in [0.4, 0.5) is 0 Å².